The summed E-state index contributed by atoms with van der Waals surface area (Å²) in [6.07, 6.45) is 0. The molecule has 1 heterocycles. The van der Waals surface area contributed by atoms with Crippen LogP contribution in [0.1, 0.15) is 22.6 Å². The molecule has 1 aliphatic rings. The first-order valence-corrected chi connectivity index (χ1v) is 9.50. The lowest BCUT2D eigenvalue weighted by molar-refractivity contribution is 0.184. The van der Waals surface area contributed by atoms with Crippen LogP contribution in [0.5, 0.6) is 0 Å². The Morgan fingerprint density at radius 1 is 0.750 bits per heavy atom. The minimum absolute atomic E-state index is 0. The Hall–Kier alpha value is -1.84. The summed E-state index contributed by atoms with van der Waals surface area (Å²) in [6.45, 7) is 4.22. The molecule has 3 aromatic carbocycles. The monoisotopic (exact) mass is 414 g/mol. The van der Waals surface area contributed by atoms with Crippen molar-refractivity contribution in [3.63, 3.8) is 0 Å². The minimum atomic E-state index is 0. The highest BCUT2D eigenvalue weighted by Crippen LogP contribution is 2.29. The zero-order valence-corrected chi connectivity index (χ0v) is 17.5. The smallest absolute Gasteiger partial charge is 0.0304 e. The topological polar surface area (TPSA) is 15.3 Å². The third-order valence-electron chi connectivity index (χ3n) is 5.26. The van der Waals surface area contributed by atoms with Gasteiger partial charge in [-0.05, 0) is 16.7 Å². The number of nitrogens with zero attached hydrogens (tertiary/aromatic N) is 1. The van der Waals surface area contributed by atoms with Crippen LogP contribution < -0.4 is 5.32 Å². The van der Waals surface area contributed by atoms with Crippen LogP contribution in [0.3, 0.4) is 0 Å². The molecule has 4 rings (SSSR count). The molecule has 0 radical (unpaired) electrons. The van der Waals surface area contributed by atoms with E-state index in [0.717, 1.165) is 26.2 Å². The fraction of sp³-hybridized carbons (Fsp3) is 0.250. The van der Waals surface area contributed by atoms with E-state index >= 15 is 0 Å². The fourth-order valence-electron chi connectivity index (χ4n) is 4.03. The number of halogens is 2. The molecule has 1 saturated heterocycles. The summed E-state index contributed by atoms with van der Waals surface area (Å²) in [5.41, 5.74) is 4.17. The summed E-state index contributed by atoms with van der Waals surface area (Å²) in [5, 5.41) is 3.79. The summed E-state index contributed by atoms with van der Waals surface area (Å²) < 4.78 is 0. The fourth-order valence-corrected chi connectivity index (χ4v) is 4.03. The van der Waals surface area contributed by atoms with E-state index in [1.165, 1.54) is 16.7 Å². The van der Waals surface area contributed by atoms with Crippen molar-refractivity contribution in [1.29, 1.82) is 0 Å². The molecule has 1 fully saturated rings. The lowest BCUT2D eigenvalue weighted by atomic mass is 9.84. The van der Waals surface area contributed by atoms with Crippen LogP contribution in [-0.4, -0.2) is 30.6 Å². The molecular weight excluding hydrogens is 387 g/mol. The molecule has 0 amide bonds. The second kappa shape index (κ2) is 11.2. The van der Waals surface area contributed by atoms with Crippen molar-refractivity contribution in [1.82, 2.24) is 10.2 Å². The normalized spacial score (nSPS) is 16.8. The van der Waals surface area contributed by atoms with E-state index in [4.69, 9.17) is 0 Å². The van der Waals surface area contributed by atoms with Gasteiger partial charge in [-0.2, -0.15) is 0 Å². The number of hydrogen-bond donors (Lipinski definition) is 1. The molecule has 28 heavy (non-hydrogen) atoms. The molecule has 1 atom stereocenters. The molecule has 0 aromatic heterocycles. The maximum atomic E-state index is 3.79. The van der Waals surface area contributed by atoms with Crippen molar-refractivity contribution in [2.75, 3.05) is 19.6 Å². The summed E-state index contributed by atoms with van der Waals surface area (Å²) in [7, 11) is 0. The van der Waals surface area contributed by atoms with Crippen LogP contribution in [0.4, 0.5) is 0 Å². The standard InChI is InChI=1S/C24H26N2.2ClH/c1-4-10-20(11-5-1)18-26-17-16-25-23(19-26)24(21-12-6-2-7-13-21)22-14-8-3-9-15-22;;/h1-15,23-25H,16-19H2;2*1H/t23-;;/m1../s1. The number of piperazine rings is 1. The van der Waals surface area contributed by atoms with Gasteiger partial charge in [0, 0.05) is 38.1 Å². The summed E-state index contributed by atoms with van der Waals surface area (Å²) in [4.78, 5) is 2.58. The van der Waals surface area contributed by atoms with E-state index in [1.54, 1.807) is 0 Å². The molecule has 2 nitrogen and oxygen atoms in total. The molecule has 0 saturated carbocycles. The van der Waals surface area contributed by atoms with Crippen LogP contribution in [0, 0.1) is 0 Å². The molecule has 1 N–H and O–H groups in total. The van der Waals surface area contributed by atoms with Gasteiger partial charge >= 0.3 is 0 Å². The van der Waals surface area contributed by atoms with E-state index in [1.807, 2.05) is 0 Å². The molecule has 3 aromatic rings. The lowest BCUT2D eigenvalue weighted by Gasteiger charge is -2.38. The SMILES string of the molecule is Cl.Cl.c1ccc(CN2CCN[C@@H](C(c3ccccc3)c3ccccc3)C2)cc1. The predicted molar refractivity (Wildman–Crippen MR) is 123 cm³/mol. The Kier molecular flexibility index (Phi) is 9.01. The van der Waals surface area contributed by atoms with E-state index in [9.17, 15) is 0 Å². The first-order valence-electron chi connectivity index (χ1n) is 9.50. The molecular formula is C24H28Cl2N2. The molecule has 0 unspecified atom stereocenters. The average Bonchev–Trinajstić information content (AvgIpc) is 2.71. The first kappa shape index (κ1) is 22.4. The van der Waals surface area contributed by atoms with Crippen molar-refractivity contribution in [2.45, 2.75) is 18.5 Å². The van der Waals surface area contributed by atoms with Gasteiger partial charge in [0.05, 0.1) is 0 Å². The maximum absolute atomic E-state index is 3.79. The zero-order chi connectivity index (χ0) is 17.6. The lowest BCUT2D eigenvalue weighted by Crippen LogP contribution is -2.52. The highest BCUT2D eigenvalue weighted by molar-refractivity contribution is 5.85. The second-order valence-electron chi connectivity index (χ2n) is 7.08. The highest BCUT2D eigenvalue weighted by Gasteiger charge is 2.29. The number of benzene rings is 3. The molecule has 0 spiro atoms. The molecule has 0 aliphatic carbocycles. The van der Waals surface area contributed by atoms with Gasteiger partial charge in [-0.1, -0.05) is 91.0 Å². The van der Waals surface area contributed by atoms with E-state index in [-0.39, 0.29) is 24.8 Å². The zero-order valence-electron chi connectivity index (χ0n) is 15.9. The van der Waals surface area contributed by atoms with Crippen molar-refractivity contribution in [3.8, 4) is 0 Å². The Labute approximate surface area is 180 Å². The average molecular weight is 415 g/mol. The van der Waals surface area contributed by atoms with Crippen LogP contribution in [-0.2, 0) is 6.54 Å². The van der Waals surface area contributed by atoms with E-state index < -0.39 is 0 Å². The number of nitrogens with one attached hydrogen (secondary N) is 1. The molecule has 1 aliphatic heterocycles. The number of rotatable bonds is 5. The Bertz CT molecular complexity index is 757. The van der Waals surface area contributed by atoms with Gasteiger partial charge in [0.25, 0.3) is 0 Å². The summed E-state index contributed by atoms with van der Waals surface area (Å²) in [6, 6.07) is 33.0. The van der Waals surface area contributed by atoms with E-state index in [2.05, 4.69) is 101 Å². The van der Waals surface area contributed by atoms with Gasteiger partial charge in [0.2, 0.25) is 0 Å². The van der Waals surface area contributed by atoms with Crippen molar-refractivity contribution >= 4 is 24.8 Å². The first-order chi connectivity index (χ1) is 12.9. The molecule has 0 bridgehead atoms. The predicted octanol–water partition coefficient (Wildman–Crippen LogP) is 5.14. The van der Waals surface area contributed by atoms with Gasteiger partial charge in [-0.15, -0.1) is 24.8 Å². The Morgan fingerprint density at radius 2 is 1.25 bits per heavy atom. The van der Waals surface area contributed by atoms with Gasteiger partial charge < -0.3 is 5.32 Å². The largest absolute Gasteiger partial charge is 0.310 e. The van der Waals surface area contributed by atoms with Crippen molar-refractivity contribution in [3.05, 3.63) is 108 Å². The van der Waals surface area contributed by atoms with Crippen LogP contribution in [0.2, 0.25) is 0 Å². The Balaban J connectivity index is 0.00000140. The highest BCUT2D eigenvalue weighted by atomic mass is 35.5. The quantitative estimate of drug-likeness (QED) is 0.621. The van der Waals surface area contributed by atoms with E-state index in [0.29, 0.717) is 12.0 Å². The third-order valence-corrected chi connectivity index (χ3v) is 5.26. The van der Waals surface area contributed by atoms with Gasteiger partial charge in [-0.25, -0.2) is 0 Å². The van der Waals surface area contributed by atoms with Crippen LogP contribution in [0.15, 0.2) is 91.0 Å². The van der Waals surface area contributed by atoms with Crippen molar-refractivity contribution < 1.29 is 0 Å². The molecule has 148 valence electrons. The second-order valence-corrected chi connectivity index (χ2v) is 7.08. The number of hydrogen-bond acceptors (Lipinski definition) is 2. The van der Waals surface area contributed by atoms with Crippen LogP contribution >= 0.6 is 24.8 Å². The third kappa shape index (κ3) is 5.59. The molecule has 4 heteroatoms. The van der Waals surface area contributed by atoms with Crippen LogP contribution in [0.25, 0.3) is 0 Å². The summed E-state index contributed by atoms with van der Waals surface area (Å²) >= 11 is 0. The van der Waals surface area contributed by atoms with Gasteiger partial charge in [0.15, 0.2) is 0 Å². The maximum Gasteiger partial charge on any atom is 0.0304 e. The van der Waals surface area contributed by atoms with Gasteiger partial charge in [-0.3, -0.25) is 4.90 Å². The Morgan fingerprint density at radius 3 is 1.79 bits per heavy atom. The van der Waals surface area contributed by atoms with Gasteiger partial charge in [0.1, 0.15) is 0 Å². The summed E-state index contributed by atoms with van der Waals surface area (Å²) in [5.74, 6) is 0.371. The van der Waals surface area contributed by atoms with Crippen molar-refractivity contribution in [2.24, 2.45) is 0 Å². The minimum Gasteiger partial charge on any atom is -0.310 e.